The normalized spacial score (nSPS) is 10.6. The summed E-state index contributed by atoms with van der Waals surface area (Å²) < 4.78 is 0. The Labute approximate surface area is 100 Å². The molecule has 0 bridgehead atoms. The zero-order valence-corrected chi connectivity index (χ0v) is 10.3. The molecule has 2 aromatic rings. The molecule has 0 saturated heterocycles. The number of hydrogen-bond donors (Lipinski definition) is 1. The highest BCUT2D eigenvalue weighted by Gasteiger charge is 2.07. The van der Waals surface area contributed by atoms with E-state index in [0.29, 0.717) is 6.54 Å². The Morgan fingerprint density at radius 1 is 1.25 bits per heavy atom. The van der Waals surface area contributed by atoms with Gasteiger partial charge < -0.3 is 5.73 Å². The van der Waals surface area contributed by atoms with Gasteiger partial charge in [0.05, 0.1) is 11.2 Å². The summed E-state index contributed by atoms with van der Waals surface area (Å²) in [5, 5.41) is 0. The second kappa shape index (κ2) is 5.23. The molecule has 0 fully saturated rings. The number of thiazole rings is 1. The number of aromatic nitrogens is 1. The Kier molecular flexibility index (Phi) is 3.70. The van der Waals surface area contributed by atoms with E-state index < -0.39 is 0 Å². The van der Waals surface area contributed by atoms with Gasteiger partial charge in [0.25, 0.3) is 0 Å². The molecule has 1 heterocycles. The van der Waals surface area contributed by atoms with E-state index in [2.05, 4.69) is 36.2 Å². The van der Waals surface area contributed by atoms with Crippen molar-refractivity contribution in [2.75, 3.05) is 6.54 Å². The van der Waals surface area contributed by atoms with Crippen LogP contribution in [-0.2, 0) is 12.8 Å². The van der Waals surface area contributed by atoms with Crippen molar-refractivity contribution in [2.24, 2.45) is 5.73 Å². The lowest BCUT2D eigenvalue weighted by Gasteiger charge is -2.02. The van der Waals surface area contributed by atoms with Crippen LogP contribution in [0.1, 0.15) is 17.4 Å². The highest BCUT2D eigenvalue weighted by atomic mass is 32.1. The van der Waals surface area contributed by atoms with E-state index in [4.69, 9.17) is 5.73 Å². The van der Waals surface area contributed by atoms with Gasteiger partial charge in [0.15, 0.2) is 0 Å². The van der Waals surface area contributed by atoms with Crippen LogP contribution in [0.15, 0.2) is 29.8 Å². The molecule has 84 valence electrons. The number of benzene rings is 1. The van der Waals surface area contributed by atoms with Crippen molar-refractivity contribution < 1.29 is 0 Å². The summed E-state index contributed by atoms with van der Waals surface area (Å²) in [7, 11) is 0. The lowest BCUT2D eigenvalue weighted by molar-refractivity contribution is 0.986. The largest absolute Gasteiger partial charge is 0.330 e. The minimum atomic E-state index is 0.683. The Hall–Kier alpha value is -1.19. The van der Waals surface area contributed by atoms with E-state index in [-0.39, 0.29) is 0 Å². The molecule has 0 unspecified atom stereocenters. The molecule has 0 aliphatic rings. The fourth-order valence-corrected chi connectivity index (χ4v) is 2.52. The first-order valence-corrected chi connectivity index (χ1v) is 6.45. The zero-order chi connectivity index (χ0) is 11.4. The third-order valence-corrected chi connectivity index (χ3v) is 3.54. The molecule has 0 spiro atoms. The summed E-state index contributed by atoms with van der Waals surface area (Å²) in [5.41, 5.74) is 11.1. The van der Waals surface area contributed by atoms with Gasteiger partial charge in [0.1, 0.15) is 0 Å². The molecule has 0 aliphatic carbocycles. The second-order valence-corrected chi connectivity index (χ2v) is 4.65. The average molecular weight is 232 g/mol. The van der Waals surface area contributed by atoms with Crippen molar-refractivity contribution in [3.63, 3.8) is 0 Å². The monoisotopic (exact) mass is 232 g/mol. The van der Waals surface area contributed by atoms with Gasteiger partial charge in [-0.3, -0.25) is 0 Å². The van der Waals surface area contributed by atoms with Gasteiger partial charge in [-0.15, -0.1) is 11.3 Å². The van der Waals surface area contributed by atoms with Gasteiger partial charge in [-0.25, -0.2) is 4.98 Å². The lowest BCUT2D eigenvalue weighted by Crippen LogP contribution is -2.02. The molecule has 2 N–H and O–H groups in total. The van der Waals surface area contributed by atoms with Crippen LogP contribution in [0, 0.1) is 0 Å². The van der Waals surface area contributed by atoms with Crippen LogP contribution in [0.3, 0.4) is 0 Å². The Morgan fingerprint density at radius 2 is 2.00 bits per heavy atom. The van der Waals surface area contributed by atoms with Crippen molar-refractivity contribution in [3.05, 3.63) is 40.2 Å². The lowest BCUT2D eigenvalue weighted by atomic mass is 10.1. The number of nitrogens with two attached hydrogens (primary N) is 1. The van der Waals surface area contributed by atoms with Gasteiger partial charge >= 0.3 is 0 Å². The summed E-state index contributed by atoms with van der Waals surface area (Å²) in [4.78, 5) is 5.71. The van der Waals surface area contributed by atoms with Crippen LogP contribution in [0.4, 0.5) is 0 Å². The topological polar surface area (TPSA) is 38.9 Å². The van der Waals surface area contributed by atoms with Crippen LogP contribution < -0.4 is 5.73 Å². The molecule has 2 nitrogen and oxygen atoms in total. The minimum absolute atomic E-state index is 0.683. The van der Waals surface area contributed by atoms with Crippen LogP contribution in [0.2, 0.25) is 0 Å². The average Bonchev–Trinajstić information content (AvgIpc) is 2.78. The fourth-order valence-electron chi connectivity index (χ4n) is 1.71. The second-order valence-electron chi connectivity index (χ2n) is 3.71. The molecular weight excluding hydrogens is 216 g/mol. The predicted octanol–water partition coefficient (Wildman–Crippen LogP) is 2.87. The molecule has 16 heavy (non-hydrogen) atoms. The van der Waals surface area contributed by atoms with Crippen LogP contribution in [0.25, 0.3) is 11.3 Å². The maximum absolute atomic E-state index is 5.59. The van der Waals surface area contributed by atoms with Gasteiger partial charge in [0, 0.05) is 10.4 Å². The summed E-state index contributed by atoms with van der Waals surface area (Å²) >= 11 is 1.69. The first kappa shape index (κ1) is 11.3. The first-order chi connectivity index (χ1) is 7.85. The standard InChI is InChI=1S/C13H16N2S/c1-2-10-3-5-11(6-4-10)13-12(7-8-14)16-9-15-13/h3-6,9H,2,7-8,14H2,1H3. The fraction of sp³-hybridized carbons (Fsp3) is 0.308. The molecule has 3 heteroatoms. The SMILES string of the molecule is CCc1ccc(-c2ncsc2CCN)cc1. The quantitative estimate of drug-likeness (QED) is 0.880. The summed E-state index contributed by atoms with van der Waals surface area (Å²) in [6.07, 6.45) is 1.99. The molecule has 0 saturated carbocycles. The van der Waals surface area contributed by atoms with Crippen LogP contribution in [-0.4, -0.2) is 11.5 Å². The van der Waals surface area contributed by atoms with E-state index in [0.717, 1.165) is 18.5 Å². The Morgan fingerprint density at radius 3 is 2.62 bits per heavy atom. The van der Waals surface area contributed by atoms with Crippen molar-refractivity contribution >= 4 is 11.3 Å². The van der Waals surface area contributed by atoms with Gasteiger partial charge in [-0.2, -0.15) is 0 Å². The third-order valence-electron chi connectivity index (χ3n) is 2.65. The highest BCUT2D eigenvalue weighted by Crippen LogP contribution is 2.25. The summed E-state index contributed by atoms with van der Waals surface area (Å²) in [5.74, 6) is 0. The first-order valence-electron chi connectivity index (χ1n) is 5.57. The van der Waals surface area contributed by atoms with Gasteiger partial charge in [0.2, 0.25) is 0 Å². The van der Waals surface area contributed by atoms with E-state index in [9.17, 15) is 0 Å². The van der Waals surface area contributed by atoms with Crippen LogP contribution >= 0.6 is 11.3 Å². The Balaban J connectivity index is 2.31. The summed E-state index contributed by atoms with van der Waals surface area (Å²) in [6.45, 7) is 2.85. The molecular formula is C13H16N2S. The molecule has 0 aliphatic heterocycles. The van der Waals surface area contributed by atoms with Crippen molar-refractivity contribution in [1.82, 2.24) is 4.98 Å². The van der Waals surface area contributed by atoms with E-state index >= 15 is 0 Å². The van der Waals surface area contributed by atoms with E-state index in [1.165, 1.54) is 16.0 Å². The zero-order valence-electron chi connectivity index (χ0n) is 9.44. The Bertz CT molecular complexity index is 445. The number of hydrogen-bond acceptors (Lipinski definition) is 3. The van der Waals surface area contributed by atoms with Crippen LogP contribution in [0.5, 0.6) is 0 Å². The third kappa shape index (κ3) is 2.31. The van der Waals surface area contributed by atoms with Crippen molar-refractivity contribution in [1.29, 1.82) is 0 Å². The highest BCUT2D eigenvalue weighted by molar-refractivity contribution is 7.10. The van der Waals surface area contributed by atoms with Crippen molar-refractivity contribution in [3.8, 4) is 11.3 Å². The predicted molar refractivity (Wildman–Crippen MR) is 69.7 cm³/mol. The van der Waals surface area contributed by atoms with Gasteiger partial charge in [-0.05, 0) is 24.9 Å². The molecule has 2 rings (SSSR count). The maximum atomic E-state index is 5.59. The minimum Gasteiger partial charge on any atom is -0.330 e. The van der Waals surface area contributed by atoms with E-state index in [1.54, 1.807) is 11.3 Å². The van der Waals surface area contributed by atoms with Gasteiger partial charge in [-0.1, -0.05) is 31.2 Å². The maximum Gasteiger partial charge on any atom is 0.0843 e. The summed E-state index contributed by atoms with van der Waals surface area (Å²) in [6, 6.07) is 8.63. The molecule has 0 radical (unpaired) electrons. The number of rotatable bonds is 4. The number of nitrogens with zero attached hydrogens (tertiary/aromatic N) is 1. The molecule has 0 amide bonds. The van der Waals surface area contributed by atoms with Crippen molar-refractivity contribution in [2.45, 2.75) is 19.8 Å². The van der Waals surface area contributed by atoms with E-state index in [1.807, 2.05) is 5.51 Å². The number of aryl methyl sites for hydroxylation is 1. The smallest absolute Gasteiger partial charge is 0.0843 e. The molecule has 0 atom stereocenters. The molecule has 1 aromatic carbocycles. The molecule has 1 aromatic heterocycles.